The Morgan fingerprint density at radius 1 is 0.217 bits per heavy atom. The summed E-state index contributed by atoms with van der Waals surface area (Å²) in [5.41, 5.74) is 4.13. The zero-order valence-electron chi connectivity index (χ0n) is 86.1. The molecule has 4 aromatic rings. The minimum Gasteiger partial charge on any atom is -0.506 e. The summed E-state index contributed by atoms with van der Waals surface area (Å²) in [6.07, 6.45) is 111. The molecule has 3 N–H and O–H groups in total. The van der Waals surface area contributed by atoms with Crippen LogP contribution in [0.1, 0.15) is 597 Å². The fraction of sp³-hybridized carbons (Fsp3) is 0.807. The van der Waals surface area contributed by atoms with Gasteiger partial charge in [-0.2, -0.15) is 0 Å². The van der Waals surface area contributed by atoms with Gasteiger partial charge < -0.3 is 43.5 Å². The third kappa shape index (κ3) is 64.6. The topological polar surface area (TPSA) is 124 Å². The van der Waals surface area contributed by atoms with Crippen LogP contribution in [0.5, 0.6) is 34.5 Å². The molecule has 2 heterocycles. The predicted molar refractivity (Wildman–Crippen MR) is 562 cm³/mol. The lowest BCUT2D eigenvalue weighted by Crippen LogP contribution is -2.07. The summed E-state index contributed by atoms with van der Waals surface area (Å²) in [6.45, 7) is 17.4. The van der Waals surface area contributed by atoms with Gasteiger partial charge in [-0.25, -0.2) is 0 Å². The van der Waals surface area contributed by atoms with Crippen molar-refractivity contribution in [2.45, 2.75) is 581 Å². The maximum absolute atomic E-state index is 14.5. The molecule has 0 bridgehead atoms. The van der Waals surface area contributed by atoms with Crippen molar-refractivity contribution in [3.63, 3.8) is 0 Å². The molecule has 0 radical (unpaired) electrons. The molecule has 4 rings (SSSR count). The van der Waals surface area contributed by atoms with Crippen molar-refractivity contribution in [2.75, 3.05) is 39.6 Å². The zero-order chi connectivity index (χ0) is 91.7. The summed E-state index contributed by atoms with van der Waals surface area (Å²) < 4.78 is 41.2. The Kier molecular flexibility index (Phi) is 79.6. The number of H-pyrrole nitrogens is 2. The van der Waals surface area contributed by atoms with Crippen molar-refractivity contribution in [3.05, 3.63) is 66.0 Å². The summed E-state index contributed by atoms with van der Waals surface area (Å²) in [5.74, 6) is 3.71. The molecule has 129 heavy (non-hydrogen) atoms. The second-order valence-electron chi connectivity index (χ2n) is 39.7. The Labute approximate surface area is 798 Å². The standard InChI is InChI=1S/C119H210N2O8/c1-7-13-19-25-31-37-43-49-55-61-67-73-79-85-95-124-114-101-106(102-115(125-96-86-80-74-68-62-56-50-44-38-32-26-20-14-8-2)118(114)128-99-89-83-77-71-65-59-53-47-41-35-29-23-17-11-5)108-91-93-110(120-108)112(122)105-113(123)111-94-92-109(121-111)107-103-116(126-97-87-81-75-69-63-57-51-45-39-33-27-21-15-9-3)119(129-100-90-84-78-72-66-60-54-48-42-36-30-24-18-12-6)117(104-107)127-98-88-82-76-70-64-58-52-46-40-34-28-22-16-10-4/h91-94,101-105,120-122H,7-90,95-100H2,1-6H3/b112-105-. The molecule has 2 aromatic carbocycles. The van der Waals surface area contributed by atoms with E-state index in [1.165, 1.54) is 468 Å². The van der Waals surface area contributed by atoms with Crippen LogP contribution >= 0.6 is 0 Å². The van der Waals surface area contributed by atoms with Crippen LogP contribution in [0.25, 0.3) is 28.3 Å². The van der Waals surface area contributed by atoms with Crippen LogP contribution < -0.4 is 28.4 Å². The third-order valence-corrected chi connectivity index (χ3v) is 27.4. The van der Waals surface area contributed by atoms with Gasteiger partial charge in [0.15, 0.2) is 23.0 Å². The minimum atomic E-state index is -0.328. The highest BCUT2D eigenvalue weighted by Gasteiger charge is 2.22. The number of hydrogen-bond donors (Lipinski definition) is 3. The third-order valence-electron chi connectivity index (χ3n) is 27.4. The summed E-state index contributed by atoms with van der Waals surface area (Å²) in [4.78, 5) is 21.5. The SMILES string of the molecule is CCCCCCCCCCCCCCCCOc1cc(-c2ccc(C(=O)/C=C(\O)c3ccc(-c4cc(OCCCCCCCCCCCCCCCC)c(OCCCCCCCCCCCCCCCC)c(OCCCCCCCCCCCCCCCC)c4)[nH]3)[nH]2)cc(OCCCCCCCCCCCCCCCC)c1OCCCCCCCCCCCCCCCC. The average molecular weight is 1800 g/mol. The maximum atomic E-state index is 14.5. The zero-order valence-corrected chi connectivity index (χ0v) is 86.1. The van der Waals surface area contributed by atoms with Crippen molar-refractivity contribution >= 4 is 11.5 Å². The number of allylic oxidation sites excluding steroid dienone is 1. The molecule has 0 amide bonds. The Bertz CT molecular complexity index is 3000. The van der Waals surface area contributed by atoms with Crippen LogP contribution in [-0.4, -0.2) is 60.5 Å². The first-order chi connectivity index (χ1) is 63.9. The smallest absolute Gasteiger partial charge is 0.205 e. The molecule has 744 valence electrons. The highest BCUT2D eigenvalue weighted by molar-refractivity contribution is 6.07. The largest absolute Gasteiger partial charge is 0.506 e. The van der Waals surface area contributed by atoms with Gasteiger partial charge in [0.25, 0.3) is 0 Å². The van der Waals surface area contributed by atoms with E-state index in [9.17, 15) is 9.90 Å². The number of aliphatic hydroxyl groups is 1. The van der Waals surface area contributed by atoms with Crippen LogP contribution in [0.4, 0.5) is 0 Å². The molecule has 0 saturated heterocycles. The van der Waals surface area contributed by atoms with E-state index in [0.717, 1.165) is 99.6 Å². The van der Waals surface area contributed by atoms with Gasteiger partial charge in [-0.3, -0.25) is 4.79 Å². The van der Waals surface area contributed by atoms with Crippen LogP contribution in [0, 0.1) is 0 Å². The molecular weight excluding hydrogens is 1590 g/mol. The van der Waals surface area contributed by atoms with Gasteiger partial charge in [-0.15, -0.1) is 0 Å². The molecule has 0 fully saturated rings. The number of rotatable bonds is 101. The first-order valence-electron chi connectivity index (χ1n) is 57.3. The van der Waals surface area contributed by atoms with E-state index in [1.807, 2.05) is 24.3 Å². The average Bonchev–Trinajstić information content (AvgIpc) is 1.75. The minimum absolute atomic E-state index is 0.141. The molecule has 0 aliphatic carbocycles. The fourth-order valence-corrected chi connectivity index (χ4v) is 18.7. The van der Waals surface area contributed by atoms with Gasteiger partial charge in [0.1, 0.15) is 5.76 Å². The normalized spacial score (nSPS) is 11.8. The van der Waals surface area contributed by atoms with E-state index in [-0.39, 0.29) is 11.5 Å². The monoisotopic (exact) mass is 1800 g/mol. The molecule has 2 aromatic heterocycles. The van der Waals surface area contributed by atoms with Crippen molar-refractivity contribution in [1.29, 1.82) is 0 Å². The Morgan fingerprint density at radius 2 is 0.372 bits per heavy atom. The lowest BCUT2D eigenvalue weighted by molar-refractivity contribution is 0.104. The number of unbranched alkanes of at least 4 members (excludes halogenated alkanes) is 78. The number of aromatic amines is 2. The van der Waals surface area contributed by atoms with E-state index in [2.05, 4.69) is 75.8 Å². The summed E-state index contributed by atoms with van der Waals surface area (Å²) in [6, 6.07) is 16.0. The number of carbonyl (C=O) groups is 1. The molecule has 0 unspecified atom stereocenters. The number of hydrogen-bond acceptors (Lipinski definition) is 8. The number of aliphatic hydroxyl groups excluding tert-OH is 1. The molecule has 10 heteroatoms. The van der Waals surface area contributed by atoms with Gasteiger partial charge >= 0.3 is 0 Å². The number of benzene rings is 2. The Morgan fingerprint density at radius 3 is 0.558 bits per heavy atom. The summed E-state index contributed by atoms with van der Waals surface area (Å²) in [7, 11) is 0. The molecule has 0 aliphatic heterocycles. The van der Waals surface area contributed by atoms with Crippen molar-refractivity contribution < 1.29 is 38.3 Å². The van der Waals surface area contributed by atoms with Gasteiger partial charge in [0.2, 0.25) is 17.3 Å². The van der Waals surface area contributed by atoms with Crippen LogP contribution in [0.2, 0.25) is 0 Å². The molecule has 0 saturated carbocycles. The Balaban J connectivity index is 1.58. The number of ketones is 1. The van der Waals surface area contributed by atoms with Gasteiger partial charge in [-0.1, -0.05) is 542 Å². The van der Waals surface area contributed by atoms with Gasteiger partial charge in [0, 0.05) is 28.6 Å². The maximum Gasteiger partial charge on any atom is 0.205 e. The van der Waals surface area contributed by atoms with Crippen LogP contribution in [0.3, 0.4) is 0 Å². The Hall–Kier alpha value is -4.99. The second-order valence-corrected chi connectivity index (χ2v) is 39.7. The van der Waals surface area contributed by atoms with E-state index in [4.69, 9.17) is 28.4 Å². The quantitative estimate of drug-likeness (QED) is 0.0173. The lowest BCUT2D eigenvalue weighted by Gasteiger charge is -2.19. The first-order valence-corrected chi connectivity index (χ1v) is 57.3. The second kappa shape index (κ2) is 88.3. The van der Waals surface area contributed by atoms with Crippen molar-refractivity contribution in [1.82, 2.24) is 9.97 Å². The number of carbonyl (C=O) groups excluding carboxylic acids is 1. The predicted octanol–water partition coefficient (Wildman–Crippen LogP) is 40.6. The van der Waals surface area contributed by atoms with E-state index in [0.29, 0.717) is 85.5 Å². The summed E-state index contributed by atoms with van der Waals surface area (Å²) in [5, 5.41) is 12.0. The molecular formula is C119H210N2O8. The van der Waals surface area contributed by atoms with E-state index < -0.39 is 0 Å². The van der Waals surface area contributed by atoms with Crippen LogP contribution in [-0.2, 0) is 0 Å². The molecule has 0 spiro atoms. The van der Waals surface area contributed by atoms with Crippen LogP contribution in [0.15, 0.2) is 54.6 Å². The van der Waals surface area contributed by atoms with E-state index in [1.54, 1.807) is 0 Å². The van der Waals surface area contributed by atoms with Gasteiger partial charge in [0.05, 0.1) is 51.0 Å². The number of nitrogens with one attached hydrogen (secondary N) is 2. The summed E-state index contributed by atoms with van der Waals surface area (Å²) >= 11 is 0. The lowest BCUT2D eigenvalue weighted by atomic mass is 10.0. The highest BCUT2D eigenvalue weighted by Crippen LogP contribution is 2.45. The number of ether oxygens (including phenoxy) is 6. The highest BCUT2D eigenvalue weighted by atomic mass is 16.5. The van der Waals surface area contributed by atoms with Crippen molar-refractivity contribution in [2.24, 2.45) is 0 Å². The van der Waals surface area contributed by atoms with Crippen molar-refractivity contribution in [3.8, 4) is 57.0 Å². The van der Waals surface area contributed by atoms with E-state index >= 15 is 0 Å². The number of aromatic nitrogens is 2. The molecule has 10 nitrogen and oxygen atoms in total. The van der Waals surface area contributed by atoms with Gasteiger partial charge in [-0.05, 0) is 87.1 Å². The first kappa shape index (κ1) is 116. The molecule has 0 atom stereocenters. The fourth-order valence-electron chi connectivity index (χ4n) is 18.7. The molecule has 0 aliphatic rings.